The summed E-state index contributed by atoms with van der Waals surface area (Å²) in [6.07, 6.45) is 2.75. The van der Waals surface area contributed by atoms with Crippen LogP contribution < -0.4 is 0 Å². The van der Waals surface area contributed by atoms with E-state index >= 15 is 0 Å². The molecule has 0 fully saturated rings. The molecule has 0 saturated carbocycles. The van der Waals surface area contributed by atoms with E-state index in [-0.39, 0.29) is 4.83 Å². The average molecular weight is 363 g/mol. The molecule has 0 saturated heterocycles. The van der Waals surface area contributed by atoms with Crippen LogP contribution in [0, 0.1) is 0 Å². The summed E-state index contributed by atoms with van der Waals surface area (Å²) in [5, 5.41) is 10.2. The third-order valence-electron chi connectivity index (χ3n) is 2.03. The molecule has 2 rings (SSSR count). The summed E-state index contributed by atoms with van der Waals surface area (Å²) in [5.41, 5.74) is 0.849. The Labute approximate surface area is 115 Å². The number of hydrogen-bond donors (Lipinski definition) is 0. The molecule has 0 radical (unpaired) electrons. The minimum atomic E-state index is 0.279. The highest BCUT2D eigenvalue weighted by molar-refractivity contribution is 9.10. The molecule has 0 spiro atoms. The van der Waals surface area contributed by atoms with Crippen LogP contribution in [0.2, 0.25) is 0 Å². The van der Waals surface area contributed by atoms with Crippen LogP contribution in [-0.4, -0.2) is 15.2 Å². The molecule has 0 N–H and O–H groups in total. The Morgan fingerprint density at radius 1 is 1.44 bits per heavy atom. The fourth-order valence-corrected chi connectivity index (χ4v) is 3.04. The number of rotatable bonds is 3. The van der Waals surface area contributed by atoms with Crippen LogP contribution >= 0.6 is 43.2 Å². The summed E-state index contributed by atoms with van der Waals surface area (Å²) >= 11 is 8.60. The maximum absolute atomic E-state index is 4.29. The van der Waals surface area contributed by atoms with Crippen LogP contribution in [0.5, 0.6) is 0 Å². The van der Waals surface area contributed by atoms with Crippen molar-refractivity contribution < 1.29 is 0 Å². The molecule has 0 aliphatic rings. The van der Waals surface area contributed by atoms with Gasteiger partial charge in [0.15, 0.2) is 5.01 Å². The first-order valence-electron chi connectivity index (χ1n) is 4.80. The maximum atomic E-state index is 4.29. The Morgan fingerprint density at radius 3 is 2.94 bits per heavy atom. The predicted molar refractivity (Wildman–Crippen MR) is 72.8 cm³/mol. The number of halogens is 2. The molecule has 6 heteroatoms. The van der Waals surface area contributed by atoms with Gasteiger partial charge < -0.3 is 0 Å². The monoisotopic (exact) mass is 361 g/mol. The van der Waals surface area contributed by atoms with Crippen molar-refractivity contribution in [1.29, 1.82) is 0 Å². The third-order valence-corrected chi connectivity index (χ3v) is 5.10. The van der Waals surface area contributed by atoms with Gasteiger partial charge in [-0.2, -0.15) is 0 Å². The van der Waals surface area contributed by atoms with Gasteiger partial charge in [-0.3, -0.25) is 4.98 Å². The van der Waals surface area contributed by atoms with Crippen molar-refractivity contribution in [3.05, 3.63) is 27.8 Å². The number of aromatic nitrogens is 3. The van der Waals surface area contributed by atoms with Crippen molar-refractivity contribution in [2.24, 2.45) is 0 Å². The van der Waals surface area contributed by atoms with E-state index in [1.807, 2.05) is 12.1 Å². The Kier molecular flexibility index (Phi) is 4.05. The minimum Gasteiger partial charge on any atom is -0.252 e. The molecule has 3 nitrogen and oxygen atoms in total. The number of pyridine rings is 1. The highest BCUT2D eigenvalue weighted by Crippen LogP contribution is 2.34. The molecule has 2 aromatic heterocycles. The highest BCUT2D eigenvalue weighted by Gasteiger charge is 2.14. The molecule has 1 atom stereocenters. The number of nitrogens with zero attached hydrogens (tertiary/aromatic N) is 3. The average Bonchev–Trinajstić information content (AvgIpc) is 2.78. The molecule has 0 aliphatic carbocycles. The van der Waals surface area contributed by atoms with Gasteiger partial charge in [-0.05, 0) is 34.5 Å². The lowest BCUT2D eigenvalue weighted by Gasteiger charge is -1.98. The van der Waals surface area contributed by atoms with Gasteiger partial charge in [0.05, 0.1) is 4.83 Å². The first kappa shape index (κ1) is 12.1. The van der Waals surface area contributed by atoms with E-state index in [9.17, 15) is 0 Å². The fourth-order valence-electron chi connectivity index (χ4n) is 1.17. The van der Waals surface area contributed by atoms with Gasteiger partial charge in [0.1, 0.15) is 10.7 Å². The zero-order chi connectivity index (χ0) is 11.5. The number of hydrogen-bond acceptors (Lipinski definition) is 4. The minimum absolute atomic E-state index is 0.279. The molecule has 1 unspecified atom stereocenters. The zero-order valence-corrected chi connectivity index (χ0v) is 12.5. The summed E-state index contributed by atoms with van der Waals surface area (Å²) in [6, 6.07) is 3.84. The Morgan fingerprint density at radius 2 is 2.25 bits per heavy atom. The van der Waals surface area contributed by atoms with Gasteiger partial charge in [-0.15, -0.1) is 10.2 Å². The van der Waals surface area contributed by atoms with Gasteiger partial charge in [0, 0.05) is 10.7 Å². The second-order valence-corrected chi connectivity index (χ2v) is 6.12. The standard InChI is InChI=1S/C10H9Br2N3S/c1-2-6(11)9-14-15-10(16-9)8-7(12)4-3-5-13-8/h3-6H,2H2,1H3. The van der Waals surface area contributed by atoms with Crippen molar-refractivity contribution in [2.75, 3.05) is 0 Å². The predicted octanol–water partition coefficient (Wildman–Crippen LogP) is 4.21. The van der Waals surface area contributed by atoms with E-state index in [4.69, 9.17) is 0 Å². The van der Waals surface area contributed by atoms with E-state index in [0.29, 0.717) is 0 Å². The van der Waals surface area contributed by atoms with Crippen LogP contribution in [-0.2, 0) is 0 Å². The van der Waals surface area contributed by atoms with Crippen LogP contribution in [0.1, 0.15) is 23.2 Å². The molecule has 16 heavy (non-hydrogen) atoms. The quantitative estimate of drug-likeness (QED) is 0.767. The van der Waals surface area contributed by atoms with Crippen molar-refractivity contribution in [3.8, 4) is 10.7 Å². The lowest BCUT2D eigenvalue weighted by Crippen LogP contribution is -1.85. The summed E-state index contributed by atoms with van der Waals surface area (Å²) in [7, 11) is 0. The van der Waals surface area contributed by atoms with Crippen LogP contribution in [0.3, 0.4) is 0 Å². The second-order valence-electron chi connectivity index (χ2n) is 3.16. The molecule has 2 aromatic rings. The van der Waals surface area contributed by atoms with Crippen LogP contribution in [0.25, 0.3) is 10.7 Å². The van der Waals surface area contributed by atoms with Gasteiger partial charge in [-0.25, -0.2) is 0 Å². The lowest BCUT2D eigenvalue weighted by molar-refractivity contribution is 0.870. The molecule has 0 aromatic carbocycles. The summed E-state index contributed by atoms with van der Waals surface area (Å²) in [5.74, 6) is 0. The molecule has 0 bridgehead atoms. The smallest absolute Gasteiger partial charge is 0.167 e. The maximum Gasteiger partial charge on any atom is 0.167 e. The molecule has 0 aliphatic heterocycles. The molecule has 0 amide bonds. The van der Waals surface area contributed by atoms with Gasteiger partial charge in [-0.1, -0.05) is 34.2 Å². The highest BCUT2D eigenvalue weighted by atomic mass is 79.9. The van der Waals surface area contributed by atoms with Gasteiger partial charge in [0.2, 0.25) is 0 Å². The normalized spacial score (nSPS) is 12.7. The SMILES string of the molecule is CCC(Br)c1nnc(-c2ncccc2Br)s1. The van der Waals surface area contributed by atoms with Crippen LogP contribution in [0.15, 0.2) is 22.8 Å². The van der Waals surface area contributed by atoms with Crippen molar-refractivity contribution in [1.82, 2.24) is 15.2 Å². The van der Waals surface area contributed by atoms with Gasteiger partial charge in [0.25, 0.3) is 0 Å². The second kappa shape index (κ2) is 5.33. The van der Waals surface area contributed by atoms with E-state index < -0.39 is 0 Å². The molecular weight excluding hydrogens is 354 g/mol. The van der Waals surface area contributed by atoms with Crippen molar-refractivity contribution in [3.63, 3.8) is 0 Å². The summed E-state index contributed by atoms with van der Waals surface area (Å²) in [6.45, 7) is 2.11. The first-order valence-corrected chi connectivity index (χ1v) is 7.33. The van der Waals surface area contributed by atoms with E-state index in [0.717, 1.165) is 26.6 Å². The zero-order valence-electron chi connectivity index (χ0n) is 8.52. The van der Waals surface area contributed by atoms with Gasteiger partial charge >= 0.3 is 0 Å². The van der Waals surface area contributed by atoms with E-state index in [1.165, 1.54) is 0 Å². The molecular formula is C10H9Br2N3S. The summed E-state index contributed by atoms with van der Waals surface area (Å²) in [4.78, 5) is 4.57. The summed E-state index contributed by atoms with van der Waals surface area (Å²) < 4.78 is 0.945. The van der Waals surface area contributed by atoms with Crippen molar-refractivity contribution >= 4 is 43.2 Å². The van der Waals surface area contributed by atoms with E-state index in [1.54, 1.807) is 17.5 Å². The Hall–Kier alpha value is -0.330. The lowest BCUT2D eigenvalue weighted by atomic mass is 10.4. The molecule has 2 heterocycles. The first-order chi connectivity index (χ1) is 7.72. The molecule has 84 valence electrons. The third kappa shape index (κ3) is 2.49. The fraction of sp³-hybridized carbons (Fsp3) is 0.300. The largest absolute Gasteiger partial charge is 0.252 e. The Bertz CT molecular complexity index is 486. The topological polar surface area (TPSA) is 38.7 Å². The van der Waals surface area contributed by atoms with E-state index in [2.05, 4.69) is 54.0 Å². The van der Waals surface area contributed by atoms with Crippen molar-refractivity contribution in [2.45, 2.75) is 18.2 Å². The Balaban J connectivity index is 2.35. The van der Waals surface area contributed by atoms with Crippen LogP contribution in [0.4, 0.5) is 0 Å². The number of alkyl halides is 1.